The highest BCUT2D eigenvalue weighted by atomic mass is 35.5. The first-order chi connectivity index (χ1) is 8.83. The summed E-state index contributed by atoms with van der Waals surface area (Å²) in [6.07, 6.45) is 1.32. The largest absolute Gasteiger partial charge is 0.355 e. The van der Waals surface area contributed by atoms with Crippen LogP contribution in [0.3, 0.4) is 0 Å². The van der Waals surface area contributed by atoms with Gasteiger partial charge in [0.05, 0.1) is 4.90 Å². The van der Waals surface area contributed by atoms with Crippen LogP contribution in [-0.2, 0) is 14.8 Å². The van der Waals surface area contributed by atoms with Crippen molar-refractivity contribution in [3.05, 3.63) is 23.5 Å². The summed E-state index contributed by atoms with van der Waals surface area (Å²) in [5.74, 6) is -0.248. The van der Waals surface area contributed by atoms with Crippen molar-refractivity contribution < 1.29 is 13.2 Å². The predicted octanol–water partition coefficient (Wildman–Crippen LogP) is 0.785. The molecule has 0 unspecified atom stereocenters. The van der Waals surface area contributed by atoms with E-state index in [0.29, 0.717) is 0 Å². The van der Waals surface area contributed by atoms with E-state index in [1.807, 2.05) is 0 Å². The van der Waals surface area contributed by atoms with Gasteiger partial charge in [-0.2, -0.15) is 0 Å². The number of nitrogens with zero attached hydrogens (tertiary/aromatic N) is 1. The molecule has 106 valence electrons. The number of sulfonamides is 1. The van der Waals surface area contributed by atoms with Gasteiger partial charge in [-0.1, -0.05) is 25.4 Å². The monoisotopic (exact) mass is 305 g/mol. The van der Waals surface area contributed by atoms with E-state index >= 15 is 0 Å². The molecule has 6 nitrogen and oxygen atoms in total. The number of hydrogen-bond acceptors (Lipinski definition) is 4. The Hall–Kier alpha value is -1.18. The molecular weight excluding hydrogens is 290 g/mol. The molecule has 2 N–H and O–H groups in total. The fraction of sp³-hybridized carbons (Fsp3) is 0.455. The van der Waals surface area contributed by atoms with Gasteiger partial charge in [0, 0.05) is 25.2 Å². The Morgan fingerprint density at radius 1 is 1.42 bits per heavy atom. The van der Waals surface area contributed by atoms with E-state index in [-0.39, 0.29) is 35.0 Å². The van der Waals surface area contributed by atoms with E-state index in [2.05, 4.69) is 15.0 Å². The summed E-state index contributed by atoms with van der Waals surface area (Å²) in [6.45, 7) is 3.87. The standard InChI is InChI=1S/C11H16ClN3O3S/c1-8(2)11(16)14-5-6-15-19(17,18)9-3-4-13-10(12)7-9/h3-4,7-8,15H,5-6H2,1-2H3,(H,14,16). The third-order valence-corrected chi connectivity index (χ3v) is 3.91. The second-order valence-corrected chi connectivity index (χ2v) is 6.31. The number of halogens is 1. The molecule has 1 aromatic heterocycles. The Bertz CT molecular complexity index is 546. The normalized spacial score (nSPS) is 11.6. The second kappa shape index (κ2) is 6.83. The molecule has 0 radical (unpaired) electrons. The lowest BCUT2D eigenvalue weighted by Crippen LogP contribution is -2.36. The molecule has 0 aliphatic carbocycles. The van der Waals surface area contributed by atoms with E-state index in [1.54, 1.807) is 13.8 Å². The van der Waals surface area contributed by atoms with Gasteiger partial charge in [-0.25, -0.2) is 18.1 Å². The maximum Gasteiger partial charge on any atom is 0.240 e. The number of amides is 1. The van der Waals surface area contributed by atoms with Crippen LogP contribution in [0.2, 0.25) is 5.15 Å². The van der Waals surface area contributed by atoms with Gasteiger partial charge >= 0.3 is 0 Å². The van der Waals surface area contributed by atoms with Crippen molar-refractivity contribution >= 4 is 27.5 Å². The maximum atomic E-state index is 11.9. The third kappa shape index (κ3) is 5.14. The minimum atomic E-state index is -3.63. The molecule has 0 aliphatic heterocycles. The Balaban J connectivity index is 2.51. The Morgan fingerprint density at radius 2 is 2.11 bits per heavy atom. The number of rotatable bonds is 6. The van der Waals surface area contributed by atoms with Crippen molar-refractivity contribution in [2.45, 2.75) is 18.7 Å². The zero-order chi connectivity index (χ0) is 14.5. The van der Waals surface area contributed by atoms with Gasteiger partial charge < -0.3 is 5.32 Å². The van der Waals surface area contributed by atoms with E-state index in [1.165, 1.54) is 18.3 Å². The maximum absolute atomic E-state index is 11.9. The molecule has 0 fully saturated rings. The average molecular weight is 306 g/mol. The van der Waals surface area contributed by atoms with E-state index in [9.17, 15) is 13.2 Å². The predicted molar refractivity (Wildman–Crippen MR) is 72.3 cm³/mol. The summed E-state index contributed by atoms with van der Waals surface area (Å²) in [7, 11) is -3.63. The molecule has 0 aromatic carbocycles. The van der Waals surface area contributed by atoms with Crippen LogP contribution in [0.25, 0.3) is 0 Å². The summed E-state index contributed by atoms with van der Waals surface area (Å²) in [6, 6.07) is 2.61. The molecule has 1 rings (SSSR count). The van der Waals surface area contributed by atoms with Gasteiger partial charge in [-0.3, -0.25) is 4.79 Å². The molecule has 0 bridgehead atoms. The highest BCUT2D eigenvalue weighted by molar-refractivity contribution is 7.89. The number of nitrogens with one attached hydrogen (secondary N) is 2. The summed E-state index contributed by atoms with van der Waals surface area (Å²) < 4.78 is 26.1. The zero-order valence-electron chi connectivity index (χ0n) is 10.7. The SMILES string of the molecule is CC(C)C(=O)NCCNS(=O)(=O)c1ccnc(Cl)c1. The van der Waals surface area contributed by atoms with Crippen LogP contribution < -0.4 is 10.0 Å². The van der Waals surface area contributed by atoms with E-state index in [4.69, 9.17) is 11.6 Å². The summed E-state index contributed by atoms with van der Waals surface area (Å²) >= 11 is 5.63. The van der Waals surface area contributed by atoms with Crippen LogP contribution in [0.5, 0.6) is 0 Å². The van der Waals surface area contributed by atoms with Crippen molar-refractivity contribution in [1.29, 1.82) is 0 Å². The minimum absolute atomic E-state index is 0.0442. The second-order valence-electron chi connectivity index (χ2n) is 4.16. The van der Waals surface area contributed by atoms with Crippen LogP contribution in [0.15, 0.2) is 23.2 Å². The van der Waals surface area contributed by atoms with Crippen molar-refractivity contribution in [1.82, 2.24) is 15.0 Å². The number of carbonyl (C=O) groups is 1. The highest BCUT2D eigenvalue weighted by Gasteiger charge is 2.14. The smallest absolute Gasteiger partial charge is 0.240 e. The summed E-state index contributed by atoms with van der Waals surface area (Å²) in [5, 5.41) is 2.72. The van der Waals surface area contributed by atoms with Gasteiger partial charge in [-0.05, 0) is 12.1 Å². The molecule has 0 saturated heterocycles. The Labute approximate surface area is 117 Å². The summed E-state index contributed by atoms with van der Waals surface area (Å²) in [5.41, 5.74) is 0. The van der Waals surface area contributed by atoms with Crippen LogP contribution in [0.4, 0.5) is 0 Å². The Morgan fingerprint density at radius 3 is 2.68 bits per heavy atom. The average Bonchev–Trinajstić information content (AvgIpc) is 2.34. The quantitative estimate of drug-likeness (QED) is 0.600. The molecule has 1 heterocycles. The molecule has 0 aliphatic rings. The molecule has 1 amide bonds. The molecule has 0 atom stereocenters. The zero-order valence-corrected chi connectivity index (χ0v) is 12.3. The fourth-order valence-electron chi connectivity index (χ4n) is 1.21. The molecule has 19 heavy (non-hydrogen) atoms. The minimum Gasteiger partial charge on any atom is -0.355 e. The first-order valence-electron chi connectivity index (χ1n) is 5.72. The van der Waals surface area contributed by atoms with Gasteiger partial charge in [0.1, 0.15) is 5.15 Å². The topological polar surface area (TPSA) is 88.2 Å². The van der Waals surface area contributed by atoms with Crippen LogP contribution in [-0.4, -0.2) is 32.4 Å². The first-order valence-corrected chi connectivity index (χ1v) is 7.58. The van der Waals surface area contributed by atoms with Crippen LogP contribution >= 0.6 is 11.6 Å². The number of carbonyl (C=O) groups excluding carboxylic acids is 1. The number of aromatic nitrogens is 1. The van der Waals surface area contributed by atoms with Gasteiger partial charge in [0.25, 0.3) is 0 Å². The van der Waals surface area contributed by atoms with Gasteiger partial charge in [0.15, 0.2) is 0 Å². The molecule has 0 saturated carbocycles. The third-order valence-electron chi connectivity index (χ3n) is 2.25. The number of pyridine rings is 1. The van der Waals surface area contributed by atoms with Crippen molar-refractivity contribution in [3.8, 4) is 0 Å². The summed E-state index contributed by atoms with van der Waals surface area (Å²) in [4.78, 5) is 15.0. The van der Waals surface area contributed by atoms with Crippen LogP contribution in [0.1, 0.15) is 13.8 Å². The lowest BCUT2D eigenvalue weighted by molar-refractivity contribution is -0.123. The first kappa shape index (κ1) is 15.9. The lowest BCUT2D eigenvalue weighted by Gasteiger charge is -2.09. The van der Waals surface area contributed by atoms with Crippen molar-refractivity contribution in [3.63, 3.8) is 0 Å². The van der Waals surface area contributed by atoms with Gasteiger partial charge in [-0.15, -0.1) is 0 Å². The van der Waals surface area contributed by atoms with Crippen LogP contribution in [0, 0.1) is 5.92 Å². The van der Waals surface area contributed by atoms with Crippen molar-refractivity contribution in [2.75, 3.05) is 13.1 Å². The molecule has 1 aromatic rings. The lowest BCUT2D eigenvalue weighted by atomic mass is 10.2. The number of hydrogen-bond donors (Lipinski definition) is 2. The molecular formula is C11H16ClN3O3S. The van der Waals surface area contributed by atoms with Crippen molar-refractivity contribution in [2.24, 2.45) is 5.92 Å². The van der Waals surface area contributed by atoms with E-state index < -0.39 is 10.0 Å². The highest BCUT2D eigenvalue weighted by Crippen LogP contribution is 2.12. The van der Waals surface area contributed by atoms with E-state index in [0.717, 1.165) is 0 Å². The fourth-order valence-corrected chi connectivity index (χ4v) is 2.49. The van der Waals surface area contributed by atoms with Gasteiger partial charge in [0.2, 0.25) is 15.9 Å². The Kier molecular flexibility index (Phi) is 5.71. The molecule has 0 spiro atoms. The molecule has 8 heteroatoms.